The summed E-state index contributed by atoms with van der Waals surface area (Å²) >= 11 is 5.79. The molecule has 0 unspecified atom stereocenters. The van der Waals surface area contributed by atoms with E-state index >= 15 is 0 Å². The third kappa shape index (κ3) is 3.73. The van der Waals surface area contributed by atoms with Crippen LogP contribution in [-0.2, 0) is 6.54 Å². The van der Waals surface area contributed by atoms with Crippen LogP contribution in [0.2, 0.25) is 5.15 Å². The van der Waals surface area contributed by atoms with Crippen molar-refractivity contribution in [1.29, 1.82) is 0 Å². The molecule has 7 heteroatoms. The van der Waals surface area contributed by atoms with Crippen LogP contribution >= 0.6 is 11.6 Å². The summed E-state index contributed by atoms with van der Waals surface area (Å²) in [4.78, 5) is 20.3. The van der Waals surface area contributed by atoms with E-state index in [4.69, 9.17) is 16.1 Å². The molecule has 0 spiro atoms. The van der Waals surface area contributed by atoms with Crippen molar-refractivity contribution in [3.05, 3.63) is 76.5 Å². The van der Waals surface area contributed by atoms with Crippen LogP contribution in [-0.4, -0.2) is 20.6 Å². The Labute approximate surface area is 137 Å². The van der Waals surface area contributed by atoms with Crippen molar-refractivity contribution >= 4 is 17.5 Å². The van der Waals surface area contributed by atoms with Crippen LogP contribution in [0.4, 0.5) is 0 Å². The van der Waals surface area contributed by atoms with Crippen LogP contribution in [0.3, 0.4) is 0 Å². The molecule has 0 aromatic carbocycles. The Morgan fingerprint density at radius 1 is 1.35 bits per heavy atom. The minimum atomic E-state index is -0.472. The van der Waals surface area contributed by atoms with Gasteiger partial charge in [0.1, 0.15) is 10.6 Å². The molecule has 116 valence electrons. The Hall–Kier alpha value is -2.73. The van der Waals surface area contributed by atoms with E-state index in [1.54, 1.807) is 31.3 Å². The first-order valence-corrected chi connectivity index (χ1v) is 7.28. The first-order chi connectivity index (χ1) is 11.1. The van der Waals surface area contributed by atoms with Crippen molar-refractivity contribution < 1.29 is 9.32 Å². The second-order valence-corrected chi connectivity index (χ2v) is 5.31. The summed E-state index contributed by atoms with van der Waals surface area (Å²) in [6.45, 7) is 2.27. The van der Waals surface area contributed by atoms with E-state index in [1.165, 1.54) is 0 Å². The van der Waals surface area contributed by atoms with Gasteiger partial charge in [0, 0.05) is 18.5 Å². The molecule has 1 amide bonds. The maximum Gasteiger partial charge on any atom is 0.317 e. The number of hydrogen-bond acceptors (Lipinski definition) is 4. The highest BCUT2D eigenvalue weighted by Gasteiger charge is 2.10. The number of rotatable bonds is 3. The molecule has 0 atom stereocenters. The van der Waals surface area contributed by atoms with Gasteiger partial charge in [-0.15, -0.1) is 0 Å². The van der Waals surface area contributed by atoms with E-state index in [9.17, 15) is 4.79 Å². The lowest BCUT2D eigenvalue weighted by molar-refractivity contribution is 0.0961. The Bertz CT molecular complexity index is 897. The summed E-state index contributed by atoms with van der Waals surface area (Å²) in [7, 11) is 0. The Balaban J connectivity index is 1.92. The summed E-state index contributed by atoms with van der Waals surface area (Å²) in [5.41, 5.74) is 2.10. The van der Waals surface area contributed by atoms with Gasteiger partial charge in [-0.05, 0) is 30.7 Å². The third-order valence-corrected chi connectivity index (χ3v) is 3.34. The van der Waals surface area contributed by atoms with Crippen LogP contribution in [0.15, 0.2) is 58.3 Å². The average Bonchev–Trinajstić information content (AvgIpc) is 2.98. The molecule has 23 heavy (non-hydrogen) atoms. The Morgan fingerprint density at radius 3 is 2.91 bits per heavy atom. The number of aromatic nitrogens is 3. The predicted molar refractivity (Wildman–Crippen MR) is 83.9 cm³/mol. The van der Waals surface area contributed by atoms with Crippen molar-refractivity contribution in [2.75, 3.05) is 0 Å². The SMILES string of the molecule is Cc1cc(C(=O)N=c2ccccn2Cc2ccc(Cl)nc2)on1. The quantitative estimate of drug-likeness (QED) is 0.693. The second kappa shape index (κ2) is 6.58. The molecule has 0 bridgehead atoms. The first kappa shape index (κ1) is 15.2. The molecule has 0 saturated heterocycles. The Kier molecular flexibility index (Phi) is 4.34. The van der Waals surface area contributed by atoms with E-state index in [-0.39, 0.29) is 5.76 Å². The smallest absolute Gasteiger partial charge is 0.317 e. The van der Waals surface area contributed by atoms with Crippen LogP contribution in [0.5, 0.6) is 0 Å². The largest absolute Gasteiger partial charge is 0.351 e. The zero-order valence-corrected chi connectivity index (χ0v) is 13.1. The van der Waals surface area contributed by atoms with E-state index in [1.807, 2.05) is 29.0 Å². The van der Waals surface area contributed by atoms with Gasteiger partial charge in [-0.3, -0.25) is 4.79 Å². The average molecular weight is 329 g/mol. The summed E-state index contributed by atoms with van der Waals surface area (Å²) in [6, 6.07) is 10.6. The van der Waals surface area contributed by atoms with Crippen molar-refractivity contribution in [3.8, 4) is 0 Å². The van der Waals surface area contributed by atoms with Crippen molar-refractivity contribution in [1.82, 2.24) is 14.7 Å². The molecule has 0 radical (unpaired) electrons. The lowest BCUT2D eigenvalue weighted by Gasteiger charge is -2.06. The molecule has 3 heterocycles. The second-order valence-electron chi connectivity index (χ2n) is 4.93. The van der Waals surface area contributed by atoms with Gasteiger partial charge < -0.3 is 9.09 Å². The molecule has 3 aromatic rings. The molecule has 0 aliphatic carbocycles. The number of halogens is 1. The van der Waals surface area contributed by atoms with Gasteiger partial charge in [0.25, 0.3) is 0 Å². The highest BCUT2D eigenvalue weighted by Crippen LogP contribution is 2.06. The summed E-state index contributed by atoms with van der Waals surface area (Å²) in [5, 5.41) is 4.13. The minimum Gasteiger partial charge on any atom is -0.351 e. The third-order valence-electron chi connectivity index (χ3n) is 3.11. The molecule has 3 rings (SSSR count). The monoisotopic (exact) mass is 328 g/mol. The lowest BCUT2D eigenvalue weighted by atomic mass is 10.3. The van der Waals surface area contributed by atoms with Crippen molar-refractivity contribution in [3.63, 3.8) is 0 Å². The minimum absolute atomic E-state index is 0.117. The van der Waals surface area contributed by atoms with Crippen LogP contribution in [0.1, 0.15) is 21.8 Å². The van der Waals surface area contributed by atoms with Gasteiger partial charge in [-0.25, -0.2) is 4.98 Å². The molecule has 0 fully saturated rings. The molecule has 0 aliphatic heterocycles. The van der Waals surface area contributed by atoms with E-state index in [0.717, 1.165) is 5.56 Å². The number of amides is 1. The van der Waals surface area contributed by atoms with E-state index < -0.39 is 5.91 Å². The summed E-state index contributed by atoms with van der Waals surface area (Å²) in [6.07, 6.45) is 3.53. The summed E-state index contributed by atoms with van der Waals surface area (Å²) < 4.78 is 6.78. The Morgan fingerprint density at radius 2 is 2.22 bits per heavy atom. The van der Waals surface area contributed by atoms with Gasteiger partial charge in [0.15, 0.2) is 0 Å². The molecule has 6 nitrogen and oxygen atoms in total. The lowest BCUT2D eigenvalue weighted by Crippen LogP contribution is -2.22. The van der Waals surface area contributed by atoms with Crippen molar-refractivity contribution in [2.45, 2.75) is 13.5 Å². The van der Waals surface area contributed by atoms with Gasteiger partial charge >= 0.3 is 5.91 Å². The topological polar surface area (TPSA) is 73.3 Å². The number of nitrogens with zero attached hydrogens (tertiary/aromatic N) is 4. The predicted octanol–water partition coefficient (Wildman–Crippen LogP) is 2.62. The van der Waals surface area contributed by atoms with Crippen molar-refractivity contribution in [2.24, 2.45) is 4.99 Å². The van der Waals surface area contributed by atoms with Crippen LogP contribution in [0.25, 0.3) is 0 Å². The standard InChI is InChI=1S/C16H13ClN4O2/c1-11-8-13(23-20-11)16(22)19-15-4-2-3-7-21(15)10-12-5-6-14(17)18-9-12/h2-9H,10H2,1H3. The molecule has 0 aliphatic rings. The first-order valence-electron chi connectivity index (χ1n) is 6.90. The zero-order valence-electron chi connectivity index (χ0n) is 12.3. The number of carbonyl (C=O) groups excluding carboxylic acids is 1. The normalized spacial score (nSPS) is 11.7. The van der Waals surface area contributed by atoms with Gasteiger partial charge in [0.05, 0.1) is 12.2 Å². The fraction of sp³-hybridized carbons (Fsp3) is 0.125. The highest BCUT2D eigenvalue weighted by atomic mass is 35.5. The van der Waals surface area contributed by atoms with Crippen LogP contribution < -0.4 is 5.49 Å². The fourth-order valence-corrected chi connectivity index (χ4v) is 2.13. The number of pyridine rings is 2. The number of carbonyl (C=O) groups is 1. The van der Waals surface area contributed by atoms with Gasteiger partial charge in [-0.2, -0.15) is 4.99 Å². The molecule has 0 N–H and O–H groups in total. The van der Waals surface area contributed by atoms with E-state index in [0.29, 0.717) is 22.9 Å². The molecule has 3 aromatic heterocycles. The van der Waals surface area contributed by atoms with E-state index in [2.05, 4.69) is 15.1 Å². The molecular formula is C16H13ClN4O2. The fourth-order valence-electron chi connectivity index (χ4n) is 2.02. The molecular weight excluding hydrogens is 316 g/mol. The highest BCUT2D eigenvalue weighted by molar-refractivity contribution is 6.29. The zero-order chi connectivity index (χ0) is 16.2. The molecule has 0 saturated carbocycles. The number of hydrogen-bond donors (Lipinski definition) is 0. The van der Waals surface area contributed by atoms with Crippen LogP contribution in [0, 0.1) is 6.92 Å². The maximum atomic E-state index is 12.1. The maximum absolute atomic E-state index is 12.1. The van der Waals surface area contributed by atoms with Gasteiger partial charge in [0.2, 0.25) is 5.76 Å². The number of aryl methyl sites for hydroxylation is 1. The van der Waals surface area contributed by atoms with Gasteiger partial charge in [-0.1, -0.05) is 28.9 Å². The summed E-state index contributed by atoms with van der Waals surface area (Å²) in [5.74, 6) is -0.356.